The van der Waals surface area contributed by atoms with Crippen molar-refractivity contribution in [3.63, 3.8) is 0 Å². The van der Waals surface area contributed by atoms with E-state index in [2.05, 4.69) is 10.4 Å². The van der Waals surface area contributed by atoms with Gasteiger partial charge in [-0.3, -0.25) is 10.1 Å². The molecule has 21 heavy (non-hydrogen) atoms. The third-order valence-corrected chi connectivity index (χ3v) is 2.77. The second kappa shape index (κ2) is 6.74. The third kappa shape index (κ3) is 3.71. The van der Waals surface area contributed by atoms with Crippen LogP contribution in [0.1, 0.15) is 18.9 Å². The maximum atomic E-state index is 11.4. The van der Waals surface area contributed by atoms with Crippen molar-refractivity contribution in [2.24, 2.45) is 5.10 Å². The molecule has 7 heteroatoms. The number of hydrogen-bond donors (Lipinski definition) is 1. The molecule has 0 aromatic heterocycles. The van der Waals surface area contributed by atoms with E-state index < -0.39 is 6.03 Å². The number of hydrazone groups is 1. The van der Waals surface area contributed by atoms with Gasteiger partial charge in [0.2, 0.25) is 5.91 Å². The first-order valence-electron chi connectivity index (χ1n) is 6.60. The van der Waals surface area contributed by atoms with Crippen LogP contribution in [0.15, 0.2) is 23.3 Å². The Morgan fingerprint density at radius 3 is 2.81 bits per heavy atom. The maximum absolute atomic E-state index is 11.4. The average molecular weight is 291 g/mol. The van der Waals surface area contributed by atoms with Crippen LogP contribution in [0.4, 0.5) is 4.79 Å². The van der Waals surface area contributed by atoms with Crippen molar-refractivity contribution in [1.29, 1.82) is 0 Å². The Morgan fingerprint density at radius 2 is 2.19 bits per heavy atom. The van der Waals surface area contributed by atoms with E-state index in [0.717, 1.165) is 17.0 Å². The lowest BCUT2D eigenvalue weighted by atomic mass is 10.2. The molecule has 0 saturated carbocycles. The summed E-state index contributed by atoms with van der Waals surface area (Å²) < 4.78 is 10.8. The number of hydrogen-bond acceptors (Lipinski definition) is 5. The summed E-state index contributed by atoms with van der Waals surface area (Å²) in [6.07, 6.45) is 2.38. The monoisotopic (exact) mass is 291 g/mol. The van der Waals surface area contributed by atoms with Crippen molar-refractivity contribution in [2.75, 3.05) is 20.3 Å². The number of ether oxygens (including phenoxy) is 2. The second-order valence-electron chi connectivity index (χ2n) is 4.41. The molecule has 1 aliphatic heterocycles. The highest BCUT2D eigenvalue weighted by molar-refractivity contribution is 6.02. The topological polar surface area (TPSA) is 80.2 Å². The molecule has 1 heterocycles. The molecule has 1 saturated heterocycles. The van der Waals surface area contributed by atoms with E-state index >= 15 is 0 Å². The number of benzene rings is 1. The average Bonchev–Trinajstić information content (AvgIpc) is 2.81. The van der Waals surface area contributed by atoms with E-state index in [1.807, 2.05) is 6.92 Å². The summed E-state index contributed by atoms with van der Waals surface area (Å²) in [7, 11) is 1.57. The summed E-state index contributed by atoms with van der Waals surface area (Å²) in [4.78, 5) is 22.4. The molecule has 1 aromatic rings. The number of urea groups is 1. The number of amides is 3. The molecule has 1 aliphatic rings. The van der Waals surface area contributed by atoms with Gasteiger partial charge in [-0.2, -0.15) is 5.10 Å². The smallest absolute Gasteiger partial charge is 0.344 e. The Labute approximate surface area is 122 Å². The Bertz CT molecular complexity index is 571. The lowest BCUT2D eigenvalue weighted by Crippen LogP contribution is -2.24. The van der Waals surface area contributed by atoms with Gasteiger partial charge in [-0.15, -0.1) is 0 Å². The molecule has 1 fully saturated rings. The molecular formula is C14H17N3O4. The first-order chi connectivity index (χ1) is 10.1. The number of nitrogens with zero attached hydrogens (tertiary/aromatic N) is 2. The van der Waals surface area contributed by atoms with Gasteiger partial charge in [-0.1, -0.05) is 6.92 Å². The summed E-state index contributed by atoms with van der Waals surface area (Å²) in [5, 5.41) is 7.20. The molecule has 1 N–H and O–H groups in total. The van der Waals surface area contributed by atoms with Gasteiger partial charge in [0, 0.05) is 0 Å². The van der Waals surface area contributed by atoms with Crippen LogP contribution in [0.5, 0.6) is 11.5 Å². The van der Waals surface area contributed by atoms with E-state index in [1.54, 1.807) is 25.3 Å². The predicted molar refractivity (Wildman–Crippen MR) is 76.6 cm³/mol. The van der Waals surface area contributed by atoms with Gasteiger partial charge in [0.1, 0.15) is 6.54 Å². The molecule has 0 unspecified atom stereocenters. The molecule has 0 aliphatic carbocycles. The van der Waals surface area contributed by atoms with Crippen LogP contribution in [0.3, 0.4) is 0 Å². The van der Waals surface area contributed by atoms with Crippen molar-refractivity contribution in [1.82, 2.24) is 10.3 Å². The Balaban J connectivity index is 2.12. The number of imide groups is 1. The normalized spacial score (nSPS) is 14.7. The molecule has 1 aromatic carbocycles. The summed E-state index contributed by atoms with van der Waals surface area (Å²) in [5.74, 6) is 0.888. The fourth-order valence-electron chi connectivity index (χ4n) is 1.76. The maximum Gasteiger partial charge on any atom is 0.344 e. The lowest BCUT2D eigenvalue weighted by molar-refractivity contribution is -0.118. The van der Waals surface area contributed by atoms with Crippen LogP contribution >= 0.6 is 0 Å². The minimum absolute atomic E-state index is 0.0648. The summed E-state index contributed by atoms with van der Waals surface area (Å²) in [5.41, 5.74) is 0.744. The molecule has 2 rings (SSSR count). The van der Waals surface area contributed by atoms with Gasteiger partial charge in [-0.25, -0.2) is 9.80 Å². The van der Waals surface area contributed by atoms with Crippen molar-refractivity contribution in [3.05, 3.63) is 23.8 Å². The Hall–Kier alpha value is -2.57. The zero-order valence-corrected chi connectivity index (χ0v) is 12.0. The molecule has 3 amide bonds. The first kappa shape index (κ1) is 14.8. The van der Waals surface area contributed by atoms with Crippen LogP contribution in [0.25, 0.3) is 0 Å². The van der Waals surface area contributed by atoms with Gasteiger partial charge < -0.3 is 9.47 Å². The third-order valence-electron chi connectivity index (χ3n) is 2.77. The molecule has 0 bridgehead atoms. The number of nitrogens with one attached hydrogen (secondary N) is 1. The van der Waals surface area contributed by atoms with Crippen molar-refractivity contribution < 1.29 is 19.1 Å². The van der Waals surface area contributed by atoms with E-state index in [0.29, 0.717) is 18.1 Å². The van der Waals surface area contributed by atoms with Crippen LogP contribution in [0.2, 0.25) is 0 Å². The van der Waals surface area contributed by atoms with Crippen molar-refractivity contribution >= 4 is 18.2 Å². The lowest BCUT2D eigenvalue weighted by Gasteiger charge is -2.10. The zero-order chi connectivity index (χ0) is 15.2. The van der Waals surface area contributed by atoms with Crippen LogP contribution in [0, 0.1) is 0 Å². The van der Waals surface area contributed by atoms with Gasteiger partial charge in [-0.05, 0) is 30.2 Å². The van der Waals surface area contributed by atoms with E-state index in [9.17, 15) is 9.59 Å². The molecular weight excluding hydrogens is 274 g/mol. The highest BCUT2D eigenvalue weighted by Crippen LogP contribution is 2.27. The number of carbonyl (C=O) groups is 2. The molecule has 7 nitrogen and oxygen atoms in total. The minimum atomic E-state index is -0.521. The Kier molecular flexibility index (Phi) is 4.76. The SMILES string of the molecule is CCCOc1cc(/C=N\N2CC(=O)NC2=O)ccc1OC. The quantitative estimate of drug-likeness (QED) is 0.634. The Morgan fingerprint density at radius 1 is 1.38 bits per heavy atom. The summed E-state index contributed by atoms with van der Waals surface area (Å²) >= 11 is 0. The van der Waals surface area contributed by atoms with E-state index in [1.165, 1.54) is 6.21 Å². The largest absolute Gasteiger partial charge is 0.493 e. The van der Waals surface area contributed by atoms with Crippen LogP contribution < -0.4 is 14.8 Å². The minimum Gasteiger partial charge on any atom is -0.493 e. The fraction of sp³-hybridized carbons (Fsp3) is 0.357. The van der Waals surface area contributed by atoms with Gasteiger partial charge >= 0.3 is 6.03 Å². The fourth-order valence-corrected chi connectivity index (χ4v) is 1.76. The van der Waals surface area contributed by atoms with E-state index in [4.69, 9.17) is 9.47 Å². The van der Waals surface area contributed by atoms with E-state index in [-0.39, 0.29) is 12.5 Å². The number of carbonyl (C=O) groups excluding carboxylic acids is 2. The van der Waals surface area contributed by atoms with Gasteiger partial charge in [0.05, 0.1) is 19.9 Å². The number of rotatable bonds is 6. The molecule has 112 valence electrons. The van der Waals surface area contributed by atoms with Crippen molar-refractivity contribution in [3.8, 4) is 11.5 Å². The highest BCUT2D eigenvalue weighted by Gasteiger charge is 2.25. The molecule has 0 atom stereocenters. The summed E-state index contributed by atoms with van der Waals surface area (Å²) in [6.45, 7) is 2.53. The first-order valence-corrected chi connectivity index (χ1v) is 6.60. The number of methoxy groups -OCH3 is 1. The second-order valence-corrected chi connectivity index (χ2v) is 4.41. The molecule has 0 radical (unpaired) electrons. The zero-order valence-electron chi connectivity index (χ0n) is 12.0. The predicted octanol–water partition coefficient (Wildman–Crippen LogP) is 1.37. The van der Waals surface area contributed by atoms with Gasteiger partial charge in [0.25, 0.3) is 0 Å². The van der Waals surface area contributed by atoms with Crippen LogP contribution in [-0.4, -0.2) is 43.4 Å². The van der Waals surface area contributed by atoms with Crippen molar-refractivity contribution in [2.45, 2.75) is 13.3 Å². The summed E-state index contributed by atoms with van der Waals surface area (Å²) in [6, 6.07) is 4.80. The van der Waals surface area contributed by atoms with Gasteiger partial charge in [0.15, 0.2) is 11.5 Å². The van der Waals surface area contributed by atoms with Crippen LogP contribution in [-0.2, 0) is 4.79 Å². The highest BCUT2D eigenvalue weighted by atomic mass is 16.5. The molecule has 0 spiro atoms. The standard InChI is InChI=1S/C14H17N3O4/c1-3-6-21-12-7-10(4-5-11(12)20-2)8-15-17-9-13(18)16-14(17)19/h4-5,7-8H,3,6,9H2,1-2H3,(H,16,18,19)/b15-8-.